The molecule has 4 nitrogen and oxygen atoms in total. The van der Waals surface area contributed by atoms with Crippen LogP contribution in [0.3, 0.4) is 0 Å². The van der Waals surface area contributed by atoms with Crippen LogP contribution in [0.15, 0.2) is 0 Å². The van der Waals surface area contributed by atoms with Crippen LogP contribution in [0.2, 0.25) is 0 Å². The Morgan fingerprint density at radius 2 is 2.23 bits per heavy atom. The van der Waals surface area contributed by atoms with Crippen LogP contribution >= 0.6 is 0 Å². The monoisotopic (exact) mass is 186 g/mol. The highest BCUT2D eigenvalue weighted by Gasteiger charge is 2.27. The number of rotatable bonds is 2. The van der Waals surface area contributed by atoms with E-state index in [0.717, 1.165) is 13.0 Å². The minimum Gasteiger partial charge on any atom is -0.379 e. The molecule has 4 heteroatoms. The second-order valence-corrected chi connectivity index (χ2v) is 3.70. The predicted octanol–water partition coefficient (Wildman–Crippen LogP) is -0.158. The minimum atomic E-state index is 0.0161. The summed E-state index contributed by atoms with van der Waals surface area (Å²) in [6.45, 7) is 2.96. The second kappa shape index (κ2) is 4.58. The summed E-state index contributed by atoms with van der Waals surface area (Å²) < 4.78 is 5.32. The van der Waals surface area contributed by atoms with Crippen molar-refractivity contribution < 1.29 is 9.53 Å². The van der Waals surface area contributed by atoms with Crippen LogP contribution in [0, 0.1) is 0 Å². The van der Waals surface area contributed by atoms with Crippen LogP contribution in [0.4, 0.5) is 0 Å². The third-order valence-corrected chi connectivity index (χ3v) is 2.37. The van der Waals surface area contributed by atoms with E-state index in [-0.39, 0.29) is 11.9 Å². The van der Waals surface area contributed by atoms with Crippen molar-refractivity contribution in [2.45, 2.75) is 25.4 Å². The lowest BCUT2D eigenvalue weighted by atomic mass is 10.0. The van der Waals surface area contributed by atoms with Gasteiger partial charge in [-0.25, -0.2) is 0 Å². The zero-order chi connectivity index (χ0) is 9.84. The van der Waals surface area contributed by atoms with Gasteiger partial charge in [0.05, 0.1) is 12.6 Å². The fourth-order valence-corrected chi connectivity index (χ4v) is 1.74. The van der Waals surface area contributed by atoms with Crippen molar-refractivity contribution in [3.63, 3.8) is 0 Å². The van der Waals surface area contributed by atoms with Crippen molar-refractivity contribution in [1.82, 2.24) is 10.2 Å². The highest BCUT2D eigenvalue weighted by Crippen LogP contribution is 2.12. The summed E-state index contributed by atoms with van der Waals surface area (Å²) in [5.74, 6) is 0.0161. The molecule has 2 unspecified atom stereocenters. The number of carbonyl (C=O) groups is 1. The van der Waals surface area contributed by atoms with Gasteiger partial charge in [0, 0.05) is 19.6 Å². The molecule has 1 heterocycles. The first kappa shape index (κ1) is 10.5. The van der Waals surface area contributed by atoms with Gasteiger partial charge < -0.3 is 15.0 Å². The molecule has 1 aliphatic heterocycles. The molecule has 1 N–H and O–H groups in total. The zero-order valence-electron chi connectivity index (χ0n) is 8.54. The summed E-state index contributed by atoms with van der Waals surface area (Å²) in [6.07, 6.45) is 0.984. The lowest BCUT2D eigenvalue weighted by Gasteiger charge is -2.36. The molecule has 0 spiro atoms. The summed E-state index contributed by atoms with van der Waals surface area (Å²) >= 11 is 0. The van der Waals surface area contributed by atoms with Crippen LogP contribution in [0.5, 0.6) is 0 Å². The Bertz CT molecular complexity index is 182. The molecule has 1 saturated heterocycles. The van der Waals surface area contributed by atoms with Gasteiger partial charge in [-0.15, -0.1) is 0 Å². The van der Waals surface area contributed by atoms with Gasteiger partial charge in [0.1, 0.15) is 0 Å². The topological polar surface area (TPSA) is 41.6 Å². The molecular weight excluding hydrogens is 168 g/mol. The largest absolute Gasteiger partial charge is 0.379 e. The van der Waals surface area contributed by atoms with Gasteiger partial charge in [-0.1, -0.05) is 0 Å². The van der Waals surface area contributed by atoms with Gasteiger partial charge in [0.25, 0.3) is 0 Å². The molecule has 0 radical (unpaired) electrons. The lowest BCUT2D eigenvalue weighted by molar-refractivity contribution is -0.121. The van der Waals surface area contributed by atoms with Gasteiger partial charge in [-0.05, 0) is 20.5 Å². The summed E-state index contributed by atoms with van der Waals surface area (Å²) in [5.41, 5.74) is 0. The molecule has 13 heavy (non-hydrogen) atoms. The van der Waals surface area contributed by atoms with Crippen LogP contribution in [-0.2, 0) is 9.53 Å². The molecular formula is C9H18N2O2. The van der Waals surface area contributed by atoms with E-state index in [1.165, 1.54) is 0 Å². The SMILES string of the molecule is CC(=O)NC1COCCC1N(C)C. The van der Waals surface area contributed by atoms with Gasteiger partial charge in [0.15, 0.2) is 0 Å². The first-order chi connectivity index (χ1) is 6.11. The predicted molar refractivity (Wildman–Crippen MR) is 50.5 cm³/mol. The average molecular weight is 186 g/mol. The average Bonchev–Trinajstić information content (AvgIpc) is 2.03. The second-order valence-electron chi connectivity index (χ2n) is 3.70. The Balaban J connectivity index is 2.51. The highest BCUT2D eigenvalue weighted by atomic mass is 16.5. The number of hydrogen-bond donors (Lipinski definition) is 1. The molecule has 0 aliphatic carbocycles. The summed E-state index contributed by atoms with van der Waals surface area (Å²) in [4.78, 5) is 13.0. The Hall–Kier alpha value is -0.610. The molecule has 0 bridgehead atoms. The molecule has 2 atom stereocenters. The van der Waals surface area contributed by atoms with E-state index >= 15 is 0 Å². The van der Waals surface area contributed by atoms with E-state index < -0.39 is 0 Å². The van der Waals surface area contributed by atoms with E-state index in [2.05, 4.69) is 10.2 Å². The number of ether oxygens (including phenoxy) is 1. The quantitative estimate of drug-likeness (QED) is 0.651. The van der Waals surface area contributed by atoms with Crippen molar-refractivity contribution in [3.8, 4) is 0 Å². The number of nitrogens with zero attached hydrogens (tertiary/aromatic N) is 1. The molecule has 0 aromatic carbocycles. The highest BCUT2D eigenvalue weighted by molar-refractivity contribution is 5.73. The van der Waals surface area contributed by atoms with Crippen molar-refractivity contribution in [2.24, 2.45) is 0 Å². The number of amides is 1. The maximum atomic E-state index is 10.9. The molecule has 0 aromatic rings. The summed E-state index contributed by atoms with van der Waals surface area (Å²) in [5, 5.41) is 2.91. The maximum Gasteiger partial charge on any atom is 0.217 e. The molecule has 1 aliphatic rings. The van der Waals surface area contributed by atoms with E-state index in [1.807, 2.05) is 14.1 Å². The first-order valence-corrected chi connectivity index (χ1v) is 4.62. The van der Waals surface area contributed by atoms with Gasteiger partial charge in [-0.3, -0.25) is 4.79 Å². The van der Waals surface area contributed by atoms with Crippen molar-refractivity contribution in [2.75, 3.05) is 27.3 Å². The van der Waals surface area contributed by atoms with Crippen LogP contribution in [0.1, 0.15) is 13.3 Å². The Kier molecular flexibility index (Phi) is 3.69. The number of hydrogen-bond acceptors (Lipinski definition) is 3. The molecule has 0 saturated carbocycles. The van der Waals surface area contributed by atoms with E-state index in [1.54, 1.807) is 6.92 Å². The summed E-state index contributed by atoms with van der Waals surface area (Å²) in [6, 6.07) is 0.541. The third-order valence-electron chi connectivity index (χ3n) is 2.37. The molecule has 76 valence electrons. The normalized spacial score (nSPS) is 28.9. The fourth-order valence-electron chi connectivity index (χ4n) is 1.74. The van der Waals surface area contributed by atoms with Crippen molar-refractivity contribution in [1.29, 1.82) is 0 Å². The van der Waals surface area contributed by atoms with E-state index in [9.17, 15) is 4.79 Å². The van der Waals surface area contributed by atoms with Crippen molar-refractivity contribution in [3.05, 3.63) is 0 Å². The fraction of sp³-hybridized carbons (Fsp3) is 0.889. The Labute approximate surface area is 79.2 Å². The summed E-state index contributed by atoms with van der Waals surface area (Å²) in [7, 11) is 4.07. The Morgan fingerprint density at radius 3 is 2.77 bits per heavy atom. The number of nitrogens with one attached hydrogen (secondary N) is 1. The van der Waals surface area contributed by atoms with Gasteiger partial charge in [-0.2, -0.15) is 0 Å². The number of carbonyl (C=O) groups excluding carboxylic acids is 1. The van der Waals surface area contributed by atoms with Crippen LogP contribution in [-0.4, -0.2) is 50.2 Å². The molecule has 1 rings (SSSR count). The standard InChI is InChI=1S/C9H18N2O2/c1-7(12)10-8-6-13-5-4-9(8)11(2)3/h8-9H,4-6H2,1-3H3,(H,10,12). The maximum absolute atomic E-state index is 10.9. The van der Waals surface area contributed by atoms with Crippen LogP contribution < -0.4 is 5.32 Å². The Morgan fingerprint density at radius 1 is 1.54 bits per heavy atom. The van der Waals surface area contributed by atoms with Gasteiger partial charge in [0.2, 0.25) is 5.91 Å². The van der Waals surface area contributed by atoms with Crippen molar-refractivity contribution >= 4 is 5.91 Å². The lowest BCUT2D eigenvalue weighted by Crippen LogP contribution is -2.54. The zero-order valence-corrected chi connectivity index (χ0v) is 8.54. The third kappa shape index (κ3) is 2.97. The number of likely N-dealkylation sites (N-methyl/N-ethyl adjacent to an activating group) is 1. The smallest absolute Gasteiger partial charge is 0.217 e. The molecule has 0 aromatic heterocycles. The molecule has 1 fully saturated rings. The van der Waals surface area contributed by atoms with E-state index in [0.29, 0.717) is 12.6 Å². The van der Waals surface area contributed by atoms with E-state index in [4.69, 9.17) is 4.74 Å². The van der Waals surface area contributed by atoms with Gasteiger partial charge >= 0.3 is 0 Å². The minimum absolute atomic E-state index is 0.0161. The first-order valence-electron chi connectivity index (χ1n) is 4.62. The molecule has 1 amide bonds. The van der Waals surface area contributed by atoms with Crippen LogP contribution in [0.25, 0.3) is 0 Å².